The van der Waals surface area contributed by atoms with E-state index in [1.165, 1.54) is 12.8 Å². The van der Waals surface area contributed by atoms with Crippen LogP contribution in [-0.2, 0) is 14.3 Å². The molecule has 4 rings (SSSR count). The lowest BCUT2D eigenvalue weighted by molar-refractivity contribution is -0.141. The predicted octanol–water partition coefficient (Wildman–Crippen LogP) is 4.25. The molecule has 1 saturated carbocycles. The number of nitrogens with zero attached hydrogens (tertiary/aromatic N) is 2. The van der Waals surface area contributed by atoms with Crippen molar-refractivity contribution in [3.63, 3.8) is 0 Å². The number of rotatable bonds is 3. The number of amides is 2. The number of ether oxygens (including phenoxy) is 1. The minimum Gasteiger partial charge on any atom is -0.372 e. The van der Waals surface area contributed by atoms with E-state index >= 15 is 0 Å². The molecule has 2 amide bonds. The summed E-state index contributed by atoms with van der Waals surface area (Å²) in [5, 5.41) is 0.613. The molecule has 0 bridgehead atoms. The second-order valence-corrected chi connectivity index (χ2v) is 8.95. The first-order valence-electron chi connectivity index (χ1n) is 10.7. The fraction of sp³-hybridized carbons (Fsp3) is 0.565. The lowest BCUT2D eigenvalue weighted by atomic mass is 10.0. The van der Waals surface area contributed by atoms with E-state index in [0.717, 1.165) is 31.2 Å². The smallest absolute Gasteiger partial charge is 0.278 e. The van der Waals surface area contributed by atoms with Crippen LogP contribution in [-0.4, -0.2) is 53.0 Å². The van der Waals surface area contributed by atoms with Gasteiger partial charge in [-0.05, 0) is 44.4 Å². The summed E-state index contributed by atoms with van der Waals surface area (Å²) >= 11 is 6.07. The van der Waals surface area contributed by atoms with Crippen LogP contribution in [0.4, 0.5) is 0 Å². The second-order valence-electron chi connectivity index (χ2n) is 8.52. The number of imide groups is 1. The van der Waals surface area contributed by atoms with Crippen LogP contribution in [0.2, 0.25) is 5.02 Å². The Morgan fingerprint density at radius 3 is 2.07 bits per heavy atom. The van der Waals surface area contributed by atoms with E-state index in [2.05, 4.69) is 4.90 Å². The lowest BCUT2D eigenvalue weighted by Crippen LogP contribution is -2.48. The molecule has 3 aliphatic rings. The van der Waals surface area contributed by atoms with Crippen LogP contribution >= 0.6 is 11.6 Å². The van der Waals surface area contributed by atoms with Crippen LogP contribution in [0.25, 0.3) is 5.57 Å². The number of morpholine rings is 1. The van der Waals surface area contributed by atoms with Gasteiger partial charge in [0, 0.05) is 24.2 Å². The number of carbonyl (C=O) groups is 2. The van der Waals surface area contributed by atoms with Gasteiger partial charge in [0.25, 0.3) is 11.8 Å². The number of carbonyl (C=O) groups excluding carboxylic acids is 2. The molecule has 2 heterocycles. The maximum atomic E-state index is 13.6. The molecule has 0 radical (unpaired) electrons. The van der Waals surface area contributed by atoms with Gasteiger partial charge in [-0.3, -0.25) is 14.5 Å². The molecule has 1 aromatic carbocycles. The third-order valence-corrected chi connectivity index (χ3v) is 6.40. The maximum absolute atomic E-state index is 13.6. The van der Waals surface area contributed by atoms with E-state index in [-0.39, 0.29) is 30.1 Å². The van der Waals surface area contributed by atoms with Crippen molar-refractivity contribution in [2.45, 2.75) is 70.6 Å². The molecular weight excluding hydrogens is 388 g/mol. The third kappa shape index (κ3) is 4.08. The summed E-state index contributed by atoms with van der Waals surface area (Å²) in [7, 11) is 0. The van der Waals surface area contributed by atoms with Crippen molar-refractivity contribution in [1.82, 2.24) is 9.80 Å². The summed E-state index contributed by atoms with van der Waals surface area (Å²) < 4.78 is 5.86. The highest BCUT2D eigenvalue weighted by atomic mass is 35.5. The molecule has 0 aromatic heterocycles. The van der Waals surface area contributed by atoms with Crippen LogP contribution in [0.5, 0.6) is 0 Å². The molecule has 2 atom stereocenters. The van der Waals surface area contributed by atoms with E-state index < -0.39 is 0 Å². The van der Waals surface area contributed by atoms with E-state index in [9.17, 15) is 9.59 Å². The molecule has 29 heavy (non-hydrogen) atoms. The van der Waals surface area contributed by atoms with Gasteiger partial charge in [0.2, 0.25) is 0 Å². The average molecular weight is 417 g/mol. The van der Waals surface area contributed by atoms with Gasteiger partial charge >= 0.3 is 0 Å². The first-order valence-corrected chi connectivity index (χ1v) is 11.1. The monoisotopic (exact) mass is 416 g/mol. The standard InChI is InChI=1S/C23H29ClN2O3/c1-15-13-25(14-16(2)29-15)21-20(17-9-11-18(24)12-10-17)22(27)26(23(21)28)19-7-5-3-4-6-8-19/h9-12,15-16,19H,3-8,13-14H2,1-2H3. The number of benzene rings is 1. The minimum atomic E-state index is -0.161. The Bertz CT molecular complexity index is 802. The van der Waals surface area contributed by atoms with Gasteiger partial charge in [-0.15, -0.1) is 0 Å². The zero-order chi connectivity index (χ0) is 20.5. The Hall–Kier alpha value is -1.85. The van der Waals surface area contributed by atoms with Gasteiger partial charge < -0.3 is 9.64 Å². The minimum absolute atomic E-state index is 0.00631. The Morgan fingerprint density at radius 2 is 1.48 bits per heavy atom. The van der Waals surface area contributed by atoms with Gasteiger partial charge in [-0.1, -0.05) is 49.4 Å². The summed E-state index contributed by atoms with van der Waals surface area (Å²) in [5.41, 5.74) is 1.80. The zero-order valence-corrected chi connectivity index (χ0v) is 18.0. The zero-order valence-electron chi connectivity index (χ0n) is 17.2. The van der Waals surface area contributed by atoms with Gasteiger partial charge in [0.1, 0.15) is 5.70 Å². The average Bonchev–Trinajstić information content (AvgIpc) is 2.83. The summed E-state index contributed by atoms with van der Waals surface area (Å²) in [6, 6.07) is 7.23. The van der Waals surface area contributed by atoms with Crippen LogP contribution in [0.15, 0.2) is 30.0 Å². The normalized spacial score (nSPS) is 27.0. The predicted molar refractivity (Wildman–Crippen MR) is 113 cm³/mol. The summed E-state index contributed by atoms with van der Waals surface area (Å²) in [6.45, 7) is 5.23. The summed E-state index contributed by atoms with van der Waals surface area (Å²) in [6.07, 6.45) is 6.30. The van der Waals surface area contributed by atoms with Crippen molar-refractivity contribution < 1.29 is 14.3 Å². The van der Waals surface area contributed by atoms with Gasteiger partial charge in [0.05, 0.1) is 17.8 Å². The molecule has 2 unspecified atom stereocenters. The molecule has 1 aliphatic carbocycles. The number of halogens is 1. The Kier molecular flexibility index (Phi) is 5.98. The first-order chi connectivity index (χ1) is 14.0. The van der Waals surface area contributed by atoms with Crippen molar-refractivity contribution in [2.75, 3.05) is 13.1 Å². The summed E-state index contributed by atoms with van der Waals surface area (Å²) in [4.78, 5) is 30.8. The highest BCUT2D eigenvalue weighted by Gasteiger charge is 2.45. The maximum Gasteiger partial charge on any atom is 0.278 e. The van der Waals surface area contributed by atoms with E-state index in [1.807, 2.05) is 26.0 Å². The molecule has 1 aromatic rings. The SMILES string of the molecule is CC1CN(C2=C(c3ccc(Cl)cc3)C(=O)N(C3CCCCCC3)C2=O)CC(C)O1. The van der Waals surface area contributed by atoms with Gasteiger partial charge in [0.15, 0.2) is 0 Å². The van der Waals surface area contributed by atoms with Crippen molar-refractivity contribution in [2.24, 2.45) is 0 Å². The highest BCUT2D eigenvalue weighted by Crippen LogP contribution is 2.37. The number of hydrogen-bond donors (Lipinski definition) is 0. The second kappa shape index (κ2) is 8.49. The van der Waals surface area contributed by atoms with E-state index in [0.29, 0.717) is 29.4 Å². The molecule has 156 valence electrons. The van der Waals surface area contributed by atoms with Crippen LogP contribution in [0, 0.1) is 0 Å². The molecule has 2 aliphatic heterocycles. The fourth-order valence-corrected chi connectivity index (χ4v) is 5.04. The van der Waals surface area contributed by atoms with Crippen molar-refractivity contribution in [3.8, 4) is 0 Å². The Balaban J connectivity index is 1.75. The number of hydrogen-bond acceptors (Lipinski definition) is 4. The molecule has 0 spiro atoms. The van der Waals surface area contributed by atoms with Crippen molar-refractivity contribution >= 4 is 29.0 Å². The molecule has 6 heteroatoms. The van der Waals surface area contributed by atoms with Crippen LogP contribution in [0.1, 0.15) is 57.9 Å². The molecule has 1 saturated heterocycles. The fourth-order valence-electron chi connectivity index (χ4n) is 4.91. The topological polar surface area (TPSA) is 49.9 Å². The molecule has 5 nitrogen and oxygen atoms in total. The summed E-state index contributed by atoms with van der Waals surface area (Å²) in [5.74, 6) is -0.306. The Morgan fingerprint density at radius 1 is 0.897 bits per heavy atom. The van der Waals surface area contributed by atoms with Crippen LogP contribution < -0.4 is 0 Å². The largest absolute Gasteiger partial charge is 0.372 e. The van der Waals surface area contributed by atoms with E-state index in [4.69, 9.17) is 16.3 Å². The van der Waals surface area contributed by atoms with E-state index in [1.54, 1.807) is 17.0 Å². The quantitative estimate of drug-likeness (QED) is 0.546. The highest BCUT2D eigenvalue weighted by molar-refractivity contribution is 6.36. The van der Waals surface area contributed by atoms with Gasteiger partial charge in [-0.25, -0.2) is 0 Å². The Labute approximate surface area is 177 Å². The van der Waals surface area contributed by atoms with Crippen LogP contribution in [0.3, 0.4) is 0 Å². The first kappa shape index (κ1) is 20.4. The molecular formula is C23H29ClN2O3. The third-order valence-electron chi connectivity index (χ3n) is 6.15. The lowest BCUT2D eigenvalue weighted by Gasteiger charge is -2.37. The molecule has 0 N–H and O–H groups in total. The molecule has 2 fully saturated rings. The van der Waals surface area contributed by atoms with Crippen molar-refractivity contribution in [3.05, 3.63) is 40.5 Å². The van der Waals surface area contributed by atoms with Gasteiger partial charge in [-0.2, -0.15) is 0 Å². The van der Waals surface area contributed by atoms with Crippen molar-refractivity contribution in [1.29, 1.82) is 0 Å².